The van der Waals surface area contributed by atoms with Crippen molar-refractivity contribution >= 4 is 5.78 Å². The number of unbranched alkanes of at least 4 members (excludes halogenated alkanes) is 12. The molecule has 0 unspecified atom stereocenters. The first-order valence-electron chi connectivity index (χ1n) is 10.9. The zero-order valence-electron chi connectivity index (χ0n) is 17.2. The molecule has 0 aliphatic heterocycles. The van der Waals surface area contributed by atoms with Crippen molar-refractivity contribution < 1.29 is 18.0 Å². The van der Waals surface area contributed by atoms with E-state index in [-0.39, 0.29) is 6.42 Å². The Kier molecular flexibility index (Phi) is 17.6. The van der Waals surface area contributed by atoms with Gasteiger partial charge in [0.2, 0.25) is 5.78 Å². The number of rotatable bonds is 18. The molecule has 0 atom stereocenters. The fourth-order valence-electron chi connectivity index (χ4n) is 2.96. The minimum Gasteiger partial charge on any atom is -0.290 e. The maximum absolute atomic E-state index is 12.0. The van der Waals surface area contributed by atoms with Crippen molar-refractivity contribution in [2.24, 2.45) is 0 Å². The first-order chi connectivity index (χ1) is 13.0. The second kappa shape index (κ2) is 18.3. The predicted molar refractivity (Wildman–Crippen MR) is 109 cm³/mol. The predicted octanol–water partition coefficient (Wildman–Crippen LogP) is 8.49. The van der Waals surface area contributed by atoms with Gasteiger partial charge in [-0.2, -0.15) is 13.2 Å². The molecule has 0 bridgehead atoms. The number of Topliss-reactive ketones (excluding diaryl/α,β-unsaturated/α-hetero) is 1. The Morgan fingerprint density at radius 2 is 1.11 bits per heavy atom. The molecule has 0 aliphatic rings. The van der Waals surface area contributed by atoms with Crippen molar-refractivity contribution in [1.82, 2.24) is 0 Å². The second-order valence-electron chi connectivity index (χ2n) is 7.32. The fourth-order valence-corrected chi connectivity index (χ4v) is 2.96. The van der Waals surface area contributed by atoms with Gasteiger partial charge < -0.3 is 0 Å². The van der Waals surface area contributed by atoms with Gasteiger partial charge in [0.25, 0.3) is 0 Å². The summed E-state index contributed by atoms with van der Waals surface area (Å²) in [4.78, 5) is 10.7. The normalized spacial score (nSPS) is 12.4. The summed E-state index contributed by atoms with van der Waals surface area (Å²) in [5.41, 5.74) is 0. The zero-order chi connectivity index (χ0) is 20.2. The van der Waals surface area contributed by atoms with Gasteiger partial charge in [0, 0.05) is 6.42 Å². The Labute approximate surface area is 164 Å². The topological polar surface area (TPSA) is 17.1 Å². The molecule has 27 heavy (non-hydrogen) atoms. The lowest BCUT2D eigenvalue weighted by Gasteiger charge is -2.02. The third-order valence-electron chi connectivity index (χ3n) is 4.67. The van der Waals surface area contributed by atoms with E-state index in [1.807, 2.05) is 12.2 Å². The standard InChI is InChI=1S/C23H39F3O/c1-2-3-4-5-6-7-8-9-10-11-12-13-14-15-16-17-18-19-20-21-22(27)23(24,25)26/h14-15,17-18H,2-13,16,19-21H2,1H3/b15-14-,18-17-. The minimum atomic E-state index is -4.68. The highest BCUT2D eigenvalue weighted by Crippen LogP contribution is 2.19. The van der Waals surface area contributed by atoms with Crippen LogP contribution in [0.1, 0.15) is 110 Å². The molecule has 0 saturated carbocycles. The van der Waals surface area contributed by atoms with Gasteiger partial charge in [0.05, 0.1) is 0 Å². The molecule has 0 heterocycles. The minimum absolute atomic E-state index is 0.261. The third kappa shape index (κ3) is 19.5. The molecule has 0 aromatic carbocycles. The van der Waals surface area contributed by atoms with Crippen molar-refractivity contribution in [3.63, 3.8) is 0 Å². The van der Waals surface area contributed by atoms with Crippen LogP contribution in [0.3, 0.4) is 0 Å². The monoisotopic (exact) mass is 388 g/mol. The van der Waals surface area contributed by atoms with Crippen LogP contribution in [0, 0.1) is 0 Å². The molecule has 1 nitrogen and oxygen atoms in total. The lowest BCUT2D eigenvalue weighted by molar-refractivity contribution is -0.171. The molecule has 0 aromatic heterocycles. The average Bonchev–Trinajstić information content (AvgIpc) is 2.62. The van der Waals surface area contributed by atoms with Gasteiger partial charge in [-0.15, -0.1) is 0 Å². The summed E-state index contributed by atoms with van der Waals surface area (Å²) in [5.74, 6) is -1.62. The highest BCUT2D eigenvalue weighted by Gasteiger charge is 2.36. The van der Waals surface area contributed by atoms with Gasteiger partial charge in [-0.1, -0.05) is 95.4 Å². The van der Waals surface area contributed by atoms with Crippen LogP contribution >= 0.6 is 0 Å². The lowest BCUT2D eigenvalue weighted by atomic mass is 10.1. The number of allylic oxidation sites excluding steroid dienone is 4. The van der Waals surface area contributed by atoms with E-state index in [1.165, 1.54) is 70.6 Å². The zero-order valence-corrected chi connectivity index (χ0v) is 17.2. The third-order valence-corrected chi connectivity index (χ3v) is 4.67. The molecule has 0 saturated heterocycles. The molecule has 0 spiro atoms. The maximum atomic E-state index is 12.0. The van der Waals surface area contributed by atoms with E-state index in [0.29, 0.717) is 6.42 Å². The number of ketones is 1. The van der Waals surface area contributed by atoms with Crippen LogP contribution < -0.4 is 0 Å². The second-order valence-corrected chi connectivity index (χ2v) is 7.32. The van der Waals surface area contributed by atoms with E-state index < -0.39 is 18.4 Å². The highest BCUT2D eigenvalue weighted by atomic mass is 19.4. The summed E-state index contributed by atoms with van der Waals surface area (Å²) in [6.45, 7) is 2.25. The SMILES string of the molecule is CCCCCCCCCCCCC/C=C\C/C=C\CCCC(=O)C(F)(F)F. The molecule has 0 amide bonds. The highest BCUT2D eigenvalue weighted by molar-refractivity contribution is 5.83. The summed E-state index contributed by atoms with van der Waals surface area (Å²) in [6.07, 6.45) is 20.6. The Morgan fingerprint density at radius 1 is 0.667 bits per heavy atom. The van der Waals surface area contributed by atoms with Gasteiger partial charge in [-0.25, -0.2) is 0 Å². The number of hydrogen-bond donors (Lipinski definition) is 0. The Morgan fingerprint density at radius 3 is 1.59 bits per heavy atom. The van der Waals surface area contributed by atoms with Crippen molar-refractivity contribution in [3.8, 4) is 0 Å². The van der Waals surface area contributed by atoms with Gasteiger partial charge >= 0.3 is 6.18 Å². The summed E-state index contributed by atoms with van der Waals surface area (Å²) in [5, 5.41) is 0. The van der Waals surface area contributed by atoms with Gasteiger partial charge in [0.15, 0.2) is 0 Å². The smallest absolute Gasteiger partial charge is 0.290 e. The number of hydrogen-bond acceptors (Lipinski definition) is 1. The summed E-state index contributed by atoms with van der Waals surface area (Å²) < 4.78 is 36.0. The molecule has 0 N–H and O–H groups in total. The van der Waals surface area contributed by atoms with Crippen LogP contribution in [0.5, 0.6) is 0 Å². The molecule has 158 valence electrons. The molecule has 0 fully saturated rings. The quantitative estimate of drug-likeness (QED) is 0.170. The summed E-state index contributed by atoms with van der Waals surface area (Å²) in [6, 6.07) is 0. The van der Waals surface area contributed by atoms with E-state index in [1.54, 1.807) is 0 Å². The van der Waals surface area contributed by atoms with Crippen LogP contribution in [-0.2, 0) is 4.79 Å². The lowest BCUT2D eigenvalue weighted by Crippen LogP contribution is -2.22. The molecule has 0 rings (SSSR count). The Balaban J connectivity index is 3.30. The molecule has 0 aromatic rings. The average molecular weight is 389 g/mol. The largest absolute Gasteiger partial charge is 0.449 e. The summed E-state index contributed by atoms with van der Waals surface area (Å²) >= 11 is 0. The molecule has 0 aliphatic carbocycles. The van der Waals surface area contributed by atoms with Crippen LogP contribution in [0.25, 0.3) is 0 Å². The fraction of sp³-hybridized carbons (Fsp3) is 0.783. The van der Waals surface area contributed by atoms with Crippen molar-refractivity contribution in [2.75, 3.05) is 0 Å². The van der Waals surface area contributed by atoms with Gasteiger partial charge in [0.1, 0.15) is 0 Å². The van der Waals surface area contributed by atoms with E-state index in [4.69, 9.17) is 0 Å². The van der Waals surface area contributed by atoms with E-state index >= 15 is 0 Å². The molecule has 0 radical (unpaired) electrons. The van der Waals surface area contributed by atoms with Crippen LogP contribution in [-0.4, -0.2) is 12.0 Å². The van der Waals surface area contributed by atoms with Gasteiger partial charge in [-0.3, -0.25) is 4.79 Å². The number of halogens is 3. The van der Waals surface area contributed by atoms with Crippen molar-refractivity contribution in [1.29, 1.82) is 0 Å². The summed E-state index contributed by atoms with van der Waals surface area (Å²) in [7, 11) is 0. The first-order valence-corrected chi connectivity index (χ1v) is 10.9. The van der Waals surface area contributed by atoms with Crippen LogP contribution in [0.2, 0.25) is 0 Å². The Hall–Kier alpha value is -1.06. The van der Waals surface area contributed by atoms with Crippen molar-refractivity contribution in [2.45, 2.75) is 116 Å². The van der Waals surface area contributed by atoms with Crippen molar-refractivity contribution in [3.05, 3.63) is 24.3 Å². The van der Waals surface area contributed by atoms with Crippen LogP contribution in [0.15, 0.2) is 24.3 Å². The maximum Gasteiger partial charge on any atom is 0.449 e. The number of carbonyl (C=O) groups is 1. The first kappa shape index (κ1) is 25.9. The van der Waals surface area contributed by atoms with Crippen LogP contribution in [0.4, 0.5) is 13.2 Å². The van der Waals surface area contributed by atoms with E-state index in [2.05, 4.69) is 19.1 Å². The van der Waals surface area contributed by atoms with E-state index in [9.17, 15) is 18.0 Å². The molecule has 4 heteroatoms. The number of alkyl halides is 3. The van der Waals surface area contributed by atoms with E-state index in [0.717, 1.165) is 12.8 Å². The Bertz CT molecular complexity index is 397. The van der Waals surface area contributed by atoms with Gasteiger partial charge in [-0.05, 0) is 32.1 Å². The molecular formula is C23H39F3O. The molecular weight excluding hydrogens is 349 g/mol. The number of carbonyl (C=O) groups excluding carboxylic acids is 1.